The Bertz CT molecular complexity index is 1060. The van der Waals surface area contributed by atoms with E-state index in [1.165, 1.54) is 13.8 Å². The SMILES string of the molecule is CC(C)[C@H](NC(=O)[C@H](CCC(N)=O)NC(=O)[C@@H](NC(=O)[C@H](CCC(=O)O)NC(=O)[C@@H](N)CCCN=C(N)N)[C@@H](C)O)C(=O)O. The number of hydrogen-bond donors (Lipinski definition) is 11. The van der Waals surface area contributed by atoms with E-state index in [-0.39, 0.29) is 31.8 Å². The van der Waals surface area contributed by atoms with Crippen molar-refractivity contribution >= 4 is 47.4 Å². The molecule has 5 amide bonds. The van der Waals surface area contributed by atoms with Crippen molar-refractivity contribution in [2.45, 2.75) is 95.6 Å². The van der Waals surface area contributed by atoms with E-state index in [9.17, 15) is 43.8 Å². The lowest BCUT2D eigenvalue weighted by Gasteiger charge is -2.28. The van der Waals surface area contributed by atoms with Gasteiger partial charge in [0.25, 0.3) is 0 Å². The number of carboxylic acid groups (broad SMARTS) is 2. The Balaban J connectivity index is 5.81. The van der Waals surface area contributed by atoms with Crippen molar-refractivity contribution in [2.24, 2.45) is 33.8 Å². The summed E-state index contributed by atoms with van der Waals surface area (Å²) in [7, 11) is 0. The number of carbonyl (C=O) groups excluding carboxylic acids is 5. The molecule has 0 aliphatic rings. The van der Waals surface area contributed by atoms with Crippen LogP contribution in [0.15, 0.2) is 4.99 Å². The lowest BCUT2D eigenvalue weighted by Crippen LogP contribution is -2.61. The van der Waals surface area contributed by atoms with Gasteiger partial charge in [-0.1, -0.05) is 13.8 Å². The van der Waals surface area contributed by atoms with Crippen LogP contribution in [0.1, 0.15) is 59.3 Å². The first kappa shape index (κ1) is 39.5. The molecule has 0 aromatic heterocycles. The molecule has 0 heterocycles. The first-order valence-electron chi connectivity index (χ1n) is 13.8. The maximum absolute atomic E-state index is 13.1. The summed E-state index contributed by atoms with van der Waals surface area (Å²) in [5.41, 5.74) is 21.5. The minimum absolute atomic E-state index is 0.114. The van der Waals surface area contributed by atoms with Gasteiger partial charge in [-0.3, -0.25) is 33.8 Å². The second-order valence-electron chi connectivity index (χ2n) is 10.4. The van der Waals surface area contributed by atoms with E-state index in [2.05, 4.69) is 26.3 Å². The second-order valence-corrected chi connectivity index (χ2v) is 10.4. The van der Waals surface area contributed by atoms with Crippen molar-refractivity contribution in [1.29, 1.82) is 0 Å². The fourth-order valence-corrected chi connectivity index (χ4v) is 3.71. The Morgan fingerprint density at radius 1 is 0.705 bits per heavy atom. The van der Waals surface area contributed by atoms with Gasteiger partial charge in [0, 0.05) is 19.4 Å². The molecule has 0 aromatic carbocycles. The molecule has 0 aromatic rings. The van der Waals surface area contributed by atoms with Crippen molar-refractivity contribution < 1.29 is 48.9 Å². The molecule has 0 aliphatic heterocycles. The lowest BCUT2D eigenvalue weighted by atomic mass is 10.0. The highest BCUT2D eigenvalue weighted by atomic mass is 16.4. The molecule has 250 valence electrons. The molecule has 0 rings (SSSR count). The molecule has 0 saturated heterocycles. The van der Waals surface area contributed by atoms with Crippen molar-refractivity contribution in [3.63, 3.8) is 0 Å². The average molecular weight is 632 g/mol. The van der Waals surface area contributed by atoms with E-state index in [1.54, 1.807) is 0 Å². The first-order chi connectivity index (χ1) is 20.4. The van der Waals surface area contributed by atoms with Gasteiger partial charge in [-0.2, -0.15) is 0 Å². The number of carboxylic acids is 2. The van der Waals surface area contributed by atoms with Crippen molar-refractivity contribution in [3.05, 3.63) is 0 Å². The quantitative estimate of drug-likeness (QED) is 0.0324. The maximum Gasteiger partial charge on any atom is 0.326 e. The molecule has 0 spiro atoms. The summed E-state index contributed by atoms with van der Waals surface area (Å²) in [5, 5.41) is 37.8. The van der Waals surface area contributed by atoms with E-state index in [0.29, 0.717) is 6.42 Å². The van der Waals surface area contributed by atoms with Crippen LogP contribution in [0.2, 0.25) is 0 Å². The number of amides is 5. The molecule has 0 fully saturated rings. The van der Waals surface area contributed by atoms with E-state index in [4.69, 9.17) is 28.0 Å². The summed E-state index contributed by atoms with van der Waals surface area (Å²) < 4.78 is 0. The molecule has 0 aliphatic carbocycles. The highest BCUT2D eigenvalue weighted by molar-refractivity contribution is 5.96. The summed E-state index contributed by atoms with van der Waals surface area (Å²) in [6.45, 7) is 4.40. The lowest BCUT2D eigenvalue weighted by molar-refractivity contribution is -0.144. The Labute approximate surface area is 253 Å². The Hall–Kier alpha value is -4.52. The highest BCUT2D eigenvalue weighted by Gasteiger charge is 2.34. The summed E-state index contributed by atoms with van der Waals surface area (Å²) in [6.07, 6.45) is -2.82. The summed E-state index contributed by atoms with van der Waals surface area (Å²) in [6, 6.07) is -7.17. The van der Waals surface area contributed by atoms with E-state index < -0.39 is 96.5 Å². The van der Waals surface area contributed by atoms with Gasteiger partial charge in [0.05, 0.1) is 12.1 Å². The van der Waals surface area contributed by atoms with Gasteiger partial charge in [-0.15, -0.1) is 0 Å². The molecular formula is C25H45N9O10. The number of nitrogens with two attached hydrogens (primary N) is 4. The molecule has 0 bridgehead atoms. The summed E-state index contributed by atoms with van der Waals surface area (Å²) in [4.78, 5) is 89.5. The standard InChI is InChI=1S/C25H45N9O10/c1-11(2)18(24(43)44)33-21(40)14(6-8-16(27)36)32-23(42)19(12(3)35)34-22(41)15(7-9-17(37)38)31-20(39)13(26)5-4-10-30-25(28)29/h11-15,18-19,35H,4-10,26H2,1-3H3,(H2,27,36)(H,31,39)(H,32,42)(H,33,40)(H,34,41)(H,37,38)(H,43,44)(H4,28,29,30)/t12-,13+,14+,15+,18+,19+/m1/s1. The number of hydrogen-bond acceptors (Lipinski definition) is 10. The molecule has 15 N–H and O–H groups in total. The highest BCUT2D eigenvalue weighted by Crippen LogP contribution is 2.07. The number of aliphatic carboxylic acids is 2. The molecule has 0 radical (unpaired) electrons. The van der Waals surface area contributed by atoms with E-state index >= 15 is 0 Å². The van der Waals surface area contributed by atoms with Gasteiger partial charge in [-0.05, 0) is 38.5 Å². The molecule has 6 atom stereocenters. The Morgan fingerprint density at radius 2 is 1.20 bits per heavy atom. The smallest absolute Gasteiger partial charge is 0.326 e. The summed E-state index contributed by atoms with van der Waals surface area (Å²) in [5.74, 6) is -8.05. The number of aliphatic hydroxyl groups excluding tert-OH is 1. The number of primary amides is 1. The van der Waals surface area contributed by atoms with Crippen LogP contribution in [0.25, 0.3) is 0 Å². The second kappa shape index (κ2) is 19.6. The molecule has 0 unspecified atom stereocenters. The number of aliphatic hydroxyl groups is 1. The maximum atomic E-state index is 13.1. The minimum atomic E-state index is -1.73. The number of nitrogens with zero attached hydrogens (tertiary/aromatic N) is 1. The van der Waals surface area contributed by atoms with Crippen molar-refractivity contribution in [2.75, 3.05) is 6.54 Å². The number of guanidine groups is 1. The fraction of sp³-hybridized carbons (Fsp3) is 0.680. The normalized spacial score (nSPS) is 15.0. The zero-order valence-electron chi connectivity index (χ0n) is 24.9. The first-order valence-corrected chi connectivity index (χ1v) is 13.8. The zero-order chi connectivity index (χ0) is 34.1. The van der Waals surface area contributed by atoms with Gasteiger partial charge < -0.3 is 59.5 Å². The molecular weight excluding hydrogens is 586 g/mol. The van der Waals surface area contributed by atoms with Crippen LogP contribution in [0, 0.1) is 5.92 Å². The average Bonchev–Trinajstić information content (AvgIpc) is 2.91. The third-order valence-corrected chi connectivity index (χ3v) is 6.19. The van der Waals surface area contributed by atoms with E-state index in [0.717, 1.165) is 6.92 Å². The number of aliphatic imine (C=N–C) groups is 1. The number of rotatable bonds is 21. The fourth-order valence-electron chi connectivity index (χ4n) is 3.71. The van der Waals surface area contributed by atoms with Gasteiger partial charge >= 0.3 is 11.9 Å². The predicted molar refractivity (Wildman–Crippen MR) is 155 cm³/mol. The van der Waals surface area contributed by atoms with Crippen LogP contribution in [0.5, 0.6) is 0 Å². The van der Waals surface area contributed by atoms with Gasteiger partial charge in [-0.25, -0.2) is 4.79 Å². The zero-order valence-corrected chi connectivity index (χ0v) is 24.9. The largest absolute Gasteiger partial charge is 0.481 e. The van der Waals surface area contributed by atoms with Crippen LogP contribution < -0.4 is 44.2 Å². The third kappa shape index (κ3) is 15.6. The van der Waals surface area contributed by atoms with Crippen LogP contribution in [0.4, 0.5) is 0 Å². The van der Waals surface area contributed by atoms with Crippen LogP contribution >= 0.6 is 0 Å². The molecule has 44 heavy (non-hydrogen) atoms. The summed E-state index contributed by atoms with van der Waals surface area (Å²) >= 11 is 0. The minimum Gasteiger partial charge on any atom is -0.481 e. The monoisotopic (exact) mass is 631 g/mol. The van der Waals surface area contributed by atoms with Crippen LogP contribution in [-0.2, 0) is 33.6 Å². The van der Waals surface area contributed by atoms with Gasteiger partial charge in [0.2, 0.25) is 29.5 Å². The molecule has 19 nitrogen and oxygen atoms in total. The number of carbonyl (C=O) groups is 7. The predicted octanol–water partition coefficient (Wildman–Crippen LogP) is -4.44. The topological polar surface area (TPSA) is 345 Å². The van der Waals surface area contributed by atoms with Gasteiger partial charge in [0.1, 0.15) is 24.2 Å². The van der Waals surface area contributed by atoms with Crippen molar-refractivity contribution in [1.82, 2.24) is 21.3 Å². The third-order valence-electron chi connectivity index (χ3n) is 6.19. The Kier molecular flexibility index (Phi) is 17.6. The van der Waals surface area contributed by atoms with Crippen LogP contribution in [-0.4, -0.2) is 106 Å². The number of nitrogens with one attached hydrogen (secondary N) is 4. The molecule has 0 saturated carbocycles. The van der Waals surface area contributed by atoms with E-state index in [1.807, 2.05) is 0 Å². The molecule has 19 heteroatoms. The Morgan fingerprint density at radius 3 is 1.64 bits per heavy atom. The van der Waals surface area contributed by atoms with Gasteiger partial charge in [0.15, 0.2) is 5.96 Å². The van der Waals surface area contributed by atoms with Crippen molar-refractivity contribution in [3.8, 4) is 0 Å². The van der Waals surface area contributed by atoms with Crippen LogP contribution in [0.3, 0.4) is 0 Å².